The Bertz CT molecular complexity index is 344. The van der Waals surface area contributed by atoms with E-state index in [1.54, 1.807) is 6.08 Å². The van der Waals surface area contributed by atoms with E-state index in [1.165, 1.54) is 5.56 Å². The van der Waals surface area contributed by atoms with Crippen molar-refractivity contribution >= 4 is 5.91 Å². The Balaban J connectivity index is 2.40. The number of benzene rings is 1. The zero-order chi connectivity index (χ0) is 11.1. The van der Waals surface area contributed by atoms with E-state index in [0.717, 1.165) is 12.0 Å². The molecule has 0 saturated carbocycles. The van der Waals surface area contributed by atoms with E-state index in [-0.39, 0.29) is 5.91 Å². The Hall–Kier alpha value is -1.57. The van der Waals surface area contributed by atoms with Crippen molar-refractivity contribution in [1.29, 1.82) is 0 Å². The normalized spacial score (nSPS) is 9.67. The second-order valence-electron chi connectivity index (χ2n) is 3.59. The maximum absolute atomic E-state index is 11.5. The van der Waals surface area contributed by atoms with Crippen LogP contribution in [0.15, 0.2) is 36.9 Å². The lowest BCUT2D eigenvalue weighted by molar-refractivity contribution is -0.120. The predicted octanol–water partition coefficient (Wildman–Crippen LogP) is 2.23. The second kappa shape index (κ2) is 6.02. The summed E-state index contributed by atoms with van der Waals surface area (Å²) in [5.74, 6) is 0.0717. The molecule has 1 aromatic carbocycles. The molecule has 0 unspecified atom stereocenters. The molecule has 2 nitrogen and oxygen atoms in total. The van der Waals surface area contributed by atoms with Gasteiger partial charge in [-0.2, -0.15) is 0 Å². The van der Waals surface area contributed by atoms with Gasteiger partial charge in [-0.1, -0.05) is 35.9 Å². The standard InChI is InChI=1S/C13H17NO/c1-3-4-8-14-13(15)10-12-7-5-6-11(2)9-12/h3,5-7,9H,1,4,8,10H2,2H3,(H,14,15). The van der Waals surface area contributed by atoms with Crippen LogP contribution in [0.2, 0.25) is 0 Å². The van der Waals surface area contributed by atoms with Crippen LogP contribution in [0.25, 0.3) is 0 Å². The third kappa shape index (κ3) is 4.45. The van der Waals surface area contributed by atoms with Crippen LogP contribution < -0.4 is 5.32 Å². The monoisotopic (exact) mass is 203 g/mol. The maximum Gasteiger partial charge on any atom is 0.224 e. The molecule has 0 aliphatic rings. The van der Waals surface area contributed by atoms with Crippen molar-refractivity contribution in [2.45, 2.75) is 19.8 Å². The van der Waals surface area contributed by atoms with Gasteiger partial charge in [-0.05, 0) is 18.9 Å². The first-order valence-electron chi connectivity index (χ1n) is 5.15. The van der Waals surface area contributed by atoms with Crippen LogP contribution in [0.5, 0.6) is 0 Å². The number of carbonyl (C=O) groups excluding carboxylic acids is 1. The summed E-state index contributed by atoms with van der Waals surface area (Å²) >= 11 is 0. The Morgan fingerprint density at radius 3 is 3.00 bits per heavy atom. The average Bonchev–Trinajstić information content (AvgIpc) is 2.18. The smallest absolute Gasteiger partial charge is 0.224 e. The van der Waals surface area contributed by atoms with Gasteiger partial charge in [0.25, 0.3) is 0 Å². The summed E-state index contributed by atoms with van der Waals surface area (Å²) in [6.07, 6.45) is 3.07. The van der Waals surface area contributed by atoms with Crippen LogP contribution in [-0.4, -0.2) is 12.5 Å². The van der Waals surface area contributed by atoms with Crippen molar-refractivity contribution in [2.75, 3.05) is 6.54 Å². The molecule has 80 valence electrons. The van der Waals surface area contributed by atoms with Crippen molar-refractivity contribution < 1.29 is 4.79 Å². The number of hydrogen-bond acceptors (Lipinski definition) is 1. The fourth-order valence-corrected chi connectivity index (χ4v) is 1.38. The van der Waals surface area contributed by atoms with E-state index in [4.69, 9.17) is 0 Å². The van der Waals surface area contributed by atoms with Gasteiger partial charge in [-0.15, -0.1) is 6.58 Å². The summed E-state index contributed by atoms with van der Waals surface area (Å²) in [4.78, 5) is 11.5. The lowest BCUT2D eigenvalue weighted by Gasteiger charge is -2.04. The zero-order valence-electron chi connectivity index (χ0n) is 9.12. The topological polar surface area (TPSA) is 29.1 Å². The predicted molar refractivity (Wildman–Crippen MR) is 62.7 cm³/mol. The number of carbonyl (C=O) groups is 1. The summed E-state index contributed by atoms with van der Waals surface area (Å²) in [6, 6.07) is 8.01. The van der Waals surface area contributed by atoms with E-state index in [9.17, 15) is 4.79 Å². The van der Waals surface area contributed by atoms with Gasteiger partial charge in [-0.3, -0.25) is 4.79 Å². The van der Waals surface area contributed by atoms with E-state index < -0.39 is 0 Å². The van der Waals surface area contributed by atoms with Gasteiger partial charge in [0.15, 0.2) is 0 Å². The van der Waals surface area contributed by atoms with Crippen molar-refractivity contribution in [2.24, 2.45) is 0 Å². The molecule has 0 aromatic heterocycles. The average molecular weight is 203 g/mol. The molecule has 0 spiro atoms. The molecule has 1 aromatic rings. The third-order valence-corrected chi connectivity index (χ3v) is 2.12. The van der Waals surface area contributed by atoms with Crippen molar-refractivity contribution in [3.05, 3.63) is 48.0 Å². The lowest BCUT2D eigenvalue weighted by atomic mass is 10.1. The van der Waals surface area contributed by atoms with Gasteiger partial charge < -0.3 is 5.32 Å². The minimum Gasteiger partial charge on any atom is -0.356 e. The van der Waals surface area contributed by atoms with Crippen molar-refractivity contribution in [1.82, 2.24) is 5.32 Å². The molecule has 0 radical (unpaired) electrons. The molecule has 15 heavy (non-hydrogen) atoms. The van der Waals surface area contributed by atoms with Gasteiger partial charge >= 0.3 is 0 Å². The molecule has 0 fully saturated rings. The van der Waals surface area contributed by atoms with Crippen molar-refractivity contribution in [3.8, 4) is 0 Å². The Labute approximate surface area is 91.0 Å². The van der Waals surface area contributed by atoms with E-state index in [2.05, 4.69) is 11.9 Å². The molecule has 0 aliphatic heterocycles. The zero-order valence-corrected chi connectivity index (χ0v) is 9.12. The number of rotatable bonds is 5. The lowest BCUT2D eigenvalue weighted by Crippen LogP contribution is -2.25. The molecule has 0 heterocycles. The SMILES string of the molecule is C=CCCNC(=O)Cc1cccc(C)c1. The molecule has 1 rings (SSSR count). The van der Waals surface area contributed by atoms with E-state index in [1.807, 2.05) is 31.2 Å². The highest BCUT2D eigenvalue weighted by molar-refractivity contribution is 5.78. The first-order valence-corrected chi connectivity index (χ1v) is 5.15. The summed E-state index contributed by atoms with van der Waals surface area (Å²) < 4.78 is 0. The fourth-order valence-electron chi connectivity index (χ4n) is 1.38. The molecule has 0 aliphatic carbocycles. The molecular formula is C13H17NO. The van der Waals surface area contributed by atoms with Crippen LogP contribution in [0.3, 0.4) is 0 Å². The molecule has 1 amide bonds. The Morgan fingerprint density at radius 1 is 1.53 bits per heavy atom. The van der Waals surface area contributed by atoms with Crippen molar-refractivity contribution in [3.63, 3.8) is 0 Å². The number of hydrogen-bond donors (Lipinski definition) is 1. The van der Waals surface area contributed by atoms with Crippen LogP contribution in [0, 0.1) is 6.92 Å². The highest BCUT2D eigenvalue weighted by Crippen LogP contribution is 2.04. The first-order chi connectivity index (χ1) is 7.22. The summed E-state index contributed by atoms with van der Waals surface area (Å²) in [5.41, 5.74) is 2.25. The quantitative estimate of drug-likeness (QED) is 0.577. The fraction of sp³-hybridized carbons (Fsp3) is 0.308. The number of amides is 1. The summed E-state index contributed by atoms with van der Waals surface area (Å²) in [6.45, 7) is 6.30. The largest absolute Gasteiger partial charge is 0.356 e. The molecular weight excluding hydrogens is 186 g/mol. The van der Waals surface area contributed by atoms with Gasteiger partial charge in [0.05, 0.1) is 6.42 Å². The maximum atomic E-state index is 11.5. The van der Waals surface area contributed by atoms with Crippen LogP contribution in [0.1, 0.15) is 17.5 Å². The van der Waals surface area contributed by atoms with Crippen LogP contribution >= 0.6 is 0 Å². The minimum atomic E-state index is 0.0717. The molecule has 2 heteroatoms. The van der Waals surface area contributed by atoms with E-state index in [0.29, 0.717) is 13.0 Å². The van der Waals surface area contributed by atoms with E-state index >= 15 is 0 Å². The molecule has 0 bridgehead atoms. The summed E-state index contributed by atoms with van der Waals surface area (Å²) in [7, 11) is 0. The van der Waals surface area contributed by atoms with Gasteiger partial charge in [0.2, 0.25) is 5.91 Å². The highest BCUT2D eigenvalue weighted by Gasteiger charge is 2.01. The Kier molecular flexibility index (Phi) is 4.61. The molecule has 0 saturated heterocycles. The Morgan fingerprint density at radius 2 is 2.33 bits per heavy atom. The van der Waals surface area contributed by atoms with Crippen LogP contribution in [-0.2, 0) is 11.2 Å². The number of aryl methyl sites for hydroxylation is 1. The number of nitrogens with one attached hydrogen (secondary N) is 1. The second-order valence-corrected chi connectivity index (χ2v) is 3.59. The third-order valence-electron chi connectivity index (χ3n) is 2.12. The van der Waals surface area contributed by atoms with Gasteiger partial charge in [-0.25, -0.2) is 0 Å². The molecule has 1 N–H and O–H groups in total. The van der Waals surface area contributed by atoms with Gasteiger partial charge in [0, 0.05) is 6.54 Å². The van der Waals surface area contributed by atoms with Crippen LogP contribution in [0.4, 0.5) is 0 Å². The first kappa shape index (κ1) is 11.5. The van der Waals surface area contributed by atoms with Gasteiger partial charge in [0.1, 0.15) is 0 Å². The molecule has 0 atom stereocenters. The minimum absolute atomic E-state index is 0.0717. The summed E-state index contributed by atoms with van der Waals surface area (Å²) in [5, 5.41) is 2.84. The highest BCUT2D eigenvalue weighted by atomic mass is 16.1.